The number of piperidine rings is 1. The van der Waals surface area contributed by atoms with Crippen molar-refractivity contribution in [3.8, 4) is 11.6 Å². The number of carbonyl (C=O) groups excluding carboxylic acids is 1. The lowest BCUT2D eigenvalue weighted by Crippen LogP contribution is -2.40. The van der Waals surface area contributed by atoms with Gasteiger partial charge >= 0.3 is 5.97 Å². The van der Waals surface area contributed by atoms with Gasteiger partial charge in [-0.05, 0) is 49.9 Å². The lowest BCUT2D eigenvalue weighted by atomic mass is 10.00. The molecule has 0 amide bonds. The van der Waals surface area contributed by atoms with Crippen molar-refractivity contribution in [2.24, 2.45) is 0 Å². The minimum absolute atomic E-state index is 0.321. The molecule has 1 fully saturated rings. The average molecular weight is 356 g/mol. The summed E-state index contributed by atoms with van der Waals surface area (Å²) in [7, 11) is 1.35. The number of anilines is 2. The fraction of sp³-hybridized carbons (Fsp3) is 0.421. The lowest BCUT2D eigenvalue weighted by molar-refractivity contribution is 0.0600. The molecule has 1 aromatic heterocycles. The molecule has 7 heteroatoms. The van der Waals surface area contributed by atoms with Crippen molar-refractivity contribution in [2.75, 3.05) is 24.3 Å². The molecule has 1 aromatic carbocycles. The first-order chi connectivity index (χ1) is 12.6. The second-order valence-corrected chi connectivity index (χ2v) is 6.29. The molecule has 0 radical (unpaired) electrons. The number of ether oxygens (including phenoxy) is 2. The van der Waals surface area contributed by atoms with Gasteiger partial charge in [0.25, 0.3) is 0 Å². The Morgan fingerprint density at radius 3 is 2.73 bits per heavy atom. The molecule has 138 valence electrons. The van der Waals surface area contributed by atoms with Crippen molar-refractivity contribution >= 4 is 17.5 Å². The highest BCUT2D eigenvalue weighted by atomic mass is 16.5. The molecule has 1 aliphatic heterocycles. The molecule has 3 rings (SSSR count). The second kappa shape index (κ2) is 8.03. The topological polar surface area (TPSA) is 90.6 Å². The van der Waals surface area contributed by atoms with Crippen LogP contribution in [-0.4, -0.2) is 35.6 Å². The third kappa shape index (κ3) is 3.71. The highest BCUT2D eigenvalue weighted by Gasteiger charge is 2.25. The van der Waals surface area contributed by atoms with E-state index in [1.54, 1.807) is 24.3 Å². The molecular formula is C19H24N4O3. The Hall–Kier alpha value is -2.83. The van der Waals surface area contributed by atoms with Gasteiger partial charge in [0.05, 0.1) is 12.7 Å². The number of nitrogens with zero attached hydrogens (tertiary/aromatic N) is 3. The van der Waals surface area contributed by atoms with Crippen LogP contribution >= 0.6 is 0 Å². The normalized spacial score (nSPS) is 17.0. The van der Waals surface area contributed by atoms with Crippen molar-refractivity contribution in [1.82, 2.24) is 9.97 Å². The van der Waals surface area contributed by atoms with Gasteiger partial charge in [-0.15, -0.1) is 0 Å². The number of esters is 1. The largest absolute Gasteiger partial charge is 0.465 e. The molecule has 1 atom stereocenters. The van der Waals surface area contributed by atoms with Crippen LogP contribution in [0, 0.1) is 0 Å². The fourth-order valence-electron chi connectivity index (χ4n) is 3.27. The number of carbonyl (C=O) groups is 1. The van der Waals surface area contributed by atoms with Gasteiger partial charge in [-0.3, -0.25) is 0 Å². The Morgan fingerprint density at radius 1 is 1.27 bits per heavy atom. The quantitative estimate of drug-likeness (QED) is 0.821. The predicted molar refractivity (Wildman–Crippen MR) is 99.6 cm³/mol. The zero-order valence-corrected chi connectivity index (χ0v) is 15.1. The van der Waals surface area contributed by atoms with E-state index in [4.69, 9.17) is 15.2 Å². The first-order valence-corrected chi connectivity index (χ1v) is 8.87. The monoisotopic (exact) mass is 356 g/mol. The van der Waals surface area contributed by atoms with E-state index in [-0.39, 0.29) is 0 Å². The van der Waals surface area contributed by atoms with E-state index in [0.29, 0.717) is 28.9 Å². The predicted octanol–water partition coefficient (Wildman–Crippen LogP) is 3.41. The number of aromatic nitrogens is 2. The molecule has 0 spiro atoms. The van der Waals surface area contributed by atoms with Gasteiger partial charge in [0.1, 0.15) is 17.8 Å². The summed E-state index contributed by atoms with van der Waals surface area (Å²) < 4.78 is 10.5. The highest BCUT2D eigenvalue weighted by Crippen LogP contribution is 2.35. The highest BCUT2D eigenvalue weighted by molar-refractivity contribution is 5.89. The van der Waals surface area contributed by atoms with Crippen LogP contribution in [0.1, 0.15) is 43.0 Å². The maximum atomic E-state index is 11.5. The lowest BCUT2D eigenvalue weighted by Gasteiger charge is -2.36. The molecule has 1 saturated heterocycles. The van der Waals surface area contributed by atoms with Crippen molar-refractivity contribution in [1.29, 1.82) is 0 Å². The first-order valence-electron chi connectivity index (χ1n) is 8.87. The SMILES string of the molecule is CCC1CCCCN1c1ncnc(Oc2ccc(C(=O)OC)cc2)c1N. The maximum Gasteiger partial charge on any atom is 0.337 e. The van der Waals surface area contributed by atoms with Gasteiger partial charge < -0.3 is 20.1 Å². The minimum atomic E-state index is -0.393. The van der Waals surface area contributed by atoms with E-state index in [0.717, 1.165) is 31.6 Å². The molecule has 26 heavy (non-hydrogen) atoms. The number of hydrogen-bond donors (Lipinski definition) is 1. The Labute approximate surface area is 153 Å². The Bertz CT molecular complexity index is 764. The zero-order valence-electron chi connectivity index (χ0n) is 15.1. The van der Waals surface area contributed by atoms with Gasteiger partial charge in [-0.1, -0.05) is 6.92 Å². The molecule has 1 aliphatic rings. The number of hydrogen-bond acceptors (Lipinski definition) is 7. The molecule has 7 nitrogen and oxygen atoms in total. The number of methoxy groups -OCH3 is 1. The number of benzene rings is 1. The van der Waals surface area contributed by atoms with E-state index in [9.17, 15) is 4.79 Å². The fourth-order valence-corrected chi connectivity index (χ4v) is 3.27. The number of rotatable bonds is 5. The summed E-state index contributed by atoms with van der Waals surface area (Å²) >= 11 is 0. The third-order valence-corrected chi connectivity index (χ3v) is 4.69. The summed E-state index contributed by atoms with van der Waals surface area (Å²) in [6.45, 7) is 3.12. The van der Waals surface area contributed by atoms with E-state index >= 15 is 0 Å². The molecule has 2 heterocycles. The average Bonchev–Trinajstić information content (AvgIpc) is 2.69. The summed E-state index contributed by atoms with van der Waals surface area (Å²) in [6, 6.07) is 7.08. The van der Waals surface area contributed by atoms with Gasteiger partial charge in [0.15, 0.2) is 5.82 Å². The summed E-state index contributed by atoms with van der Waals surface area (Å²) in [6.07, 6.45) is 6.03. The van der Waals surface area contributed by atoms with E-state index < -0.39 is 5.97 Å². The van der Waals surface area contributed by atoms with Crippen LogP contribution in [0.5, 0.6) is 11.6 Å². The standard InChI is InChI=1S/C19H24N4O3/c1-3-14-6-4-5-11-23(14)17-16(20)18(22-12-21-17)26-15-9-7-13(8-10-15)19(24)25-2/h7-10,12,14H,3-6,11,20H2,1-2H3. The van der Waals surface area contributed by atoms with Crippen molar-refractivity contribution in [3.05, 3.63) is 36.2 Å². The number of nitrogen functional groups attached to an aromatic ring is 1. The van der Waals surface area contributed by atoms with Gasteiger partial charge in [0.2, 0.25) is 5.88 Å². The maximum absolute atomic E-state index is 11.5. The van der Waals surface area contributed by atoms with Gasteiger partial charge in [0, 0.05) is 12.6 Å². The summed E-state index contributed by atoms with van der Waals surface area (Å²) in [4.78, 5) is 22.3. The molecule has 0 saturated carbocycles. The molecule has 2 aromatic rings. The van der Waals surface area contributed by atoms with Crippen molar-refractivity contribution in [3.63, 3.8) is 0 Å². The van der Waals surface area contributed by atoms with E-state index in [1.165, 1.54) is 19.9 Å². The molecule has 0 bridgehead atoms. The second-order valence-electron chi connectivity index (χ2n) is 6.29. The van der Waals surface area contributed by atoms with Crippen LogP contribution < -0.4 is 15.4 Å². The van der Waals surface area contributed by atoms with Crippen LogP contribution in [0.25, 0.3) is 0 Å². The van der Waals surface area contributed by atoms with E-state index in [2.05, 4.69) is 21.8 Å². The van der Waals surface area contributed by atoms with Crippen LogP contribution in [-0.2, 0) is 4.74 Å². The Balaban J connectivity index is 1.82. The molecule has 1 unspecified atom stereocenters. The van der Waals surface area contributed by atoms with Gasteiger partial charge in [-0.25, -0.2) is 9.78 Å². The Morgan fingerprint density at radius 2 is 2.04 bits per heavy atom. The van der Waals surface area contributed by atoms with Crippen LogP contribution in [0.15, 0.2) is 30.6 Å². The summed E-state index contributed by atoms with van der Waals surface area (Å²) in [5.41, 5.74) is 7.20. The van der Waals surface area contributed by atoms with Crippen LogP contribution in [0.3, 0.4) is 0 Å². The smallest absolute Gasteiger partial charge is 0.337 e. The van der Waals surface area contributed by atoms with Crippen LogP contribution in [0.4, 0.5) is 11.5 Å². The van der Waals surface area contributed by atoms with Crippen LogP contribution in [0.2, 0.25) is 0 Å². The molecular weight excluding hydrogens is 332 g/mol. The Kier molecular flexibility index (Phi) is 5.55. The first kappa shape index (κ1) is 18.0. The number of nitrogens with two attached hydrogens (primary N) is 1. The van der Waals surface area contributed by atoms with Crippen molar-refractivity contribution < 1.29 is 14.3 Å². The summed E-state index contributed by atoms with van der Waals surface area (Å²) in [5.74, 6) is 1.20. The molecule has 2 N–H and O–H groups in total. The van der Waals surface area contributed by atoms with E-state index in [1.807, 2.05) is 0 Å². The zero-order chi connectivity index (χ0) is 18.5. The minimum Gasteiger partial charge on any atom is -0.465 e. The summed E-state index contributed by atoms with van der Waals surface area (Å²) in [5, 5.41) is 0. The molecule has 0 aliphatic carbocycles. The van der Waals surface area contributed by atoms with Gasteiger partial charge in [-0.2, -0.15) is 4.98 Å². The third-order valence-electron chi connectivity index (χ3n) is 4.69. The van der Waals surface area contributed by atoms with Crippen molar-refractivity contribution in [2.45, 2.75) is 38.6 Å².